The highest BCUT2D eigenvalue weighted by atomic mass is 127. The normalized spacial score (nSPS) is 19.5. The van der Waals surface area contributed by atoms with Crippen LogP contribution >= 0.6 is 24.0 Å². The molecule has 0 aliphatic carbocycles. The summed E-state index contributed by atoms with van der Waals surface area (Å²) >= 11 is 0. The van der Waals surface area contributed by atoms with Crippen molar-refractivity contribution >= 4 is 29.9 Å². The van der Waals surface area contributed by atoms with Crippen molar-refractivity contribution in [3.8, 4) is 0 Å². The Labute approximate surface area is 158 Å². The smallest absolute Gasteiger partial charge is 0.191 e. The number of hydrogen-bond donors (Lipinski definition) is 2. The fourth-order valence-corrected chi connectivity index (χ4v) is 2.52. The van der Waals surface area contributed by atoms with Gasteiger partial charge in [-0.1, -0.05) is 0 Å². The maximum atomic E-state index is 5.42. The van der Waals surface area contributed by atoms with Crippen molar-refractivity contribution in [2.75, 3.05) is 53.6 Å². The lowest BCUT2D eigenvalue weighted by Gasteiger charge is -2.26. The Morgan fingerprint density at radius 1 is 1.30 bits per heavy atom. The van der Waals surface area contributed by atoms with Crippen LogP contribution in [0.1, 0.15) is 33.6 Å². The summed E-state index contributed by atoms with van der Waals surface area (Å²) in [6.45, 7) is 11.6. The van der Waals surface area contributed by atoms with Crippen LogP contribution in [0.2, 0.25) is 0 Å². The van der Waals surface area contributed by atoms with Gasteiger partial charge in [0.25, 0.3) is 0 Å². The Morgan fingerprint density at radius 3 is 2.65 bits per heavy atom. The zero-order valence-electron chi connectivity index (χ0n) is 15.4. The summed E-state index contributed by atoms with van der Waals surface area (Å²) in [6, 6.07) is 0.564. The van der Waals surface area contributed by atoms with Gasteiger partial charge in [0.1, 0.15) is 0 Å². The molecule has 0 radical (unpaired) electrons. The lowest BCUT2D eigenvalue weighted by molar-refractivity contribution is 0.0310. The highest BCUT2D eigenvalue weighted by Gasteiger charge is 2.24. The second kappa shape index (κ2) is 12.3. The van der Waals surface area contributed by atoms with E-state index in [9.17, 15) is 0 Å². The molecule has 23 heavy (non-hydrogen) atoms. The third-order valence-electron chi connectivity index (χ3n) is 4.10. The molecule has 1 fully saturated rings. The van der Waals surface area contributed by atoms with Crippen molar-refractivity contribution in [3.63, 3.8) is 0 Å². The van der Waals surface area contributed by atoms with Crippen LogP contribution in [0.4, 0.5) is 0 Å². The predicted octanol–water partition coefficient (Wildman–Crippen LogP) is 1.70. The van der Waals surface area contributed by atoms with Crippen LogP contribution in [-0.4, -0.2) is 76.1 Å². The summed E-state index contributed by atoms with van der Waals surface area (Å²) in [6.07, 6.45) is 2.50. The van der Waals surface area contributed by atoms with E-state index in [1.807, 2.05) is 13.8 Å². The summed E-state index contributed by atoms with van der Waals surface area (Å²) in [7, 11) is 3.49. The molecule has 1 rings (SSSR count). The molecular formula is C16H35IN4O2. The SMILES string of the molecule is CCNC(=NCC(C)(C)OC)NCC1CCCN1CCOC.I. The van der Waals surface area contributed by atoms with E-state index in [4.69, 9.17) is 9.47 Å². The second-order valence-corrected chi connectivity index (χ2v) is 6.36. The van der Waals surface area contributed by atoms with Gasteiger partial charge in [-0.25, -0.2) is 0 Å². The van der Waals surface area contributed by atoms with E-state index in [1.54, 1.807) is 14.2 Å². The molecule has 2 N–H and O–H groups in total. The summed E-state index contributed by atoms with van der Waals surface area (Å²) in [5.41, 5.74) is -0.236. The number of nitrogens with one attached hydrogen (secondary N) is 2. The molecule has 1 aliphatic heterocycles. The van der Waals surface area contributed by atoms with E-state index in [0.29, 0.717) is 12.6 Å². The summed E-state index contributed by atoms with van der Waals surface area (Å²) in [5, 5.41) is 6.77. The Balaban J connectivity index is 0.00000484. The molecule has 0 aromatic rings. The molecule has 1 aliphatic rings. The maximum absolute atomic E-state index is 5.42. The molecule has 0 saturated carbocycles. The van der Waals surface area contributed by atoms with Crippen LogP contribution in [0.3, 0.4) is 0 Å². The zero-order chi connectivity index (χ0) is 16.4. The number of guanidine groups is 1. The Morgan fingerprint density at radius 2 is 2.04 bits per heavy atom. The third-order valence-corrected chi connectivity index (χ3v) is 4.10. The molecule has 1 unspecified atom stereocenters. The number of likely N-dealkylation sites (tertiary alicyclic amines) is 1. The van der Waals surface area contributed by atoms with Gasteiger partial charge in [-0.2, -0.15) is 0 Å². The molecule has 138 valence electrons. The molecule has 6 nitrogen and oxygen atoms in total. The number of halogens is 1. The summed E-state index contributed by atoms with van der Waals surface area (Å²) in [4.78, 5) is 7.13. The van der Waals surface area contributed by atoms with Gasteiger partial charge in [0.05, 0.1) is 18.8 Å². The quantitative estimate of drug-likeness (QED) is 0.324. The molecule has 0 amide bonds. The van der Waals surface area contributed by atoms with Gasteiger partial charge in [-0.15, -0.1) is 24.0 Å². The standard InChI is InChI=1S/C16H34N4O2.HI/c1-6-17-15(19-13-16(2,3)22-5)18-12-14-8-7-9-20(14)10-11-21-4;/h14H,6-13H2,1-5H3,(H2,17,18,19);1H. The van der Waals surface area contributed by atoms with Gasteiger partial charge in [-0.05, 0) is 40.2 Å². The number of ether oxygens (including phenoxy) is 2. The first-order valence-electron chi connectivity index (χ1n) is 8.32. The number of rotatable bonds is 9. The highest BCUT2D eigenvalue weighted by Crippen LogP contribution is 2.15. The van der Waals surface area contributed by atoms with Crippen LogP contribution in [0.5, 0.6) is 0 Å². The Hall–Kier alpha value is -0.120. The van der Waals surface area contributed by atoms with Gasteiger partial charge in [0.15, 0.2) is 5.96 Å². The van der Waals surface area contributed by atoms with Gasteiger partial charge in [-0.3, -0.25) is 9.89 Å². The van der Waals surface area contributed by atoms with Crippen LogP contribution in [-0.2, 0) is 9.47 Å². The molecule has 1 atom stereocenters. The molecular weight excluding hydrogens is 407 g/mol. The monoisotopic (exact) mass is 442 g/mol. The van der Waals surface area contributed by atoms with Crippen molar-refractivity contribution in [1.82, 2.24) is 15.5 Å². The van der Waals surface area contributed by atoms with Crippen molar-refractivity contribution in [1.29, 1.82) is 0 Å². The zero-order valence-corrected chi connectivity index (χ0v) is 17.7. The van der Waals surface area contributed by atoms with Crippen molar-refractivity contribution in [3.05, 3.63) is 0 Å². The van der Waals surface area contributed by atoms with Crippen molar-refractivity contribution in [2.45, 2.75) is 45.3 Å². The van der Waals surface area contributed by atoms with Gasteiger partial charge in [0, 0.05) is 39.9 Å². The topological polar surface area (TPSA) is 58.1 Å². The van der Waals surface area contributed by atoms with Gasteiger partial charge >= 0.3 is 0 Å². The first-order valence-corrected chi connectivity index (χ1v) is 8.32. The number of methoxy groups -OCH3 is 2. The number of aliphatic imine (C=N–C) groups is 1. The lowest BCUT2D eigenvalue weighted by Crippen LogP contribution is -2.46. The average molecular weight is 442 g/mol. The number of nitrogens with zero attached hydrogens (tertiary/aromatic N) is 2. The van der Waals surface area contributed by atoms with Gasteiger partial charge < -0.3 is 20.1 Å². The van der Waals surface area contributed by atoms with E-state index in [0.717, 1.165) is 32.2 Å². The van der Waals surface area contributed by atoms with E-state index in [-0.39, 0.29) is 29.6 Å². The maximum Gasteiger partial charge on any atom is 0.191 e. The minimum absolute atomic E-state index is 0. The summed E-state index contributed by atoms with van der Waals surface area (Å²) < 4.78 is 10.6. The van der Waals surface area contributed by atoms with Crippen LogP contribution < -0.4 is 10.6 Å². The van der Waals surface area contributed by atoms with Crippen molar-refractivity contribution < 1.29 is 9.47 Å². The van der Waals surface area contributed by atoms with Crippen LogP contribution in [0.15, 0.2) is 4.99 Å². The largest absolute Gasteiger partial charge is 0.383 e. The van der Waals surface area contributed by atoms with E-state index in [1.165, 1.54) is 19.4 Å². The molecule has 0 spiro atoms. The molecule has 7 heteroatoms. The third kappa shape index (κ3) is 9.07. The summed E-state index contributed by atoms with van der Waals surface area (Å²) in [5.74, 6) is 0.867. The Kier molecular flexibility index (Phi) is 12.2. The predicted molar refractivity (Wildman–Crippen MR) is 107 cm³/mol. The molecule has 1 saturated heterocycles. The number of hydrogen-bond acceptors (Lipinski definition) is 4. The molecule has 1 heterocycles. The Bertz CT molecular complexity index is 340. The fourth-order valence-electron chi connectivity index (χ4n) is 2.52. The average Bonchev–Trinajstić information content (AvgIpc) is 2.95. The molecule has 0 aromatic heterocycles. The molecule has 0 aromatic carbocycles. The first-order chi connectivity index (χ1) is 10.5. The van der Waals surface area contributed by atoms with E-state index >= 15 is 0 Å². The van der Waals surface area contributed by atoms with E-state index < -0.39 is 0 Å². The minimum Gasteiger partial charge on any atom is -0.383 e. The van der Waals surface area contributed by atoms with Gasteiger partial charge in [0.2, 0.25) is 0 Å². The minimum atomic E-state index is -0.236. The molecule has 0 bridgehead atoms. The van der Waals surface area contributed by atoms with Crippen molar-refractivity contribution in [2.24, 2.45) is 4.99 Å². The van der Waals surface area contributed by atoms with Crippen LogP contribution in [0.25, 0.3) is 0 Å². The first kappa shape index (κ1) is 22.9. The highest BCUT2D eigenvalue weighted by molar-refractivity contribution is 14.0. The lowest BCUT2D eigenvalue weighted by atomic mass is 10.1. The fraction of sp³-hybridized carbons (Fsp3) is 0.938. The second-order valence-electron chi connectivity index (χ2n) is 6.36. The van der Waals surface area contributed by atoms with Crippen LogP contribution in [0, 0.1) is 0 Å². The van der Waals surface area contributed by atoms with E-state index in [2.05, 4.69) is 27.4 Å².